The van der Waals surface area contributed by atoms with Gasteiger partial charge in [0.15, 0.2) is 0 Å². The Morgan fingerprint density at radius 1 is 1.45 bits per heavy atom. The highest BCUT2D eigenvalue weighted by atomic mass is 35.5. The van der Waals surface area contributed by atoms with Crippen molar-refractivity contribution in [1.82, 2.24) is 5.32 Å². The number of thiophene rings is 1. The molecule has 0 aliphatic carbocycles. The number of hydrogen-bond donors (Lipinski definition) is 2. The van der Waals surface area contributed by atoms with Crippen molar-refractivity contribution in [2.24, 2.45) is 0 Å². The van der Waals surface area contributed by atoms with Gasteiger partial charge in [-0.1, -0.05) is 11.6 Å². The largest absolute Gasteiger partial charge is 0.467 e. The average molecular weight is 316 g/mol. The van der Waals surface area contributed by atoms with Crippen LogP contribution in [-0.2, 0) is 11.3 Å². The summed E-state index contributed by atoms with van der Waals surface area (Å²) in [4.78, 5) is 1.15. The maximum absolute atomic E-state index is 9.84. The van der Waals surface area contributed by atoms with Crippen LogP contribution in [0.4, 0.5) is 0 Å². The summed E-state index contributed by atoms with van der Waals surface area (Å²) in [6, 6.07) is 7.68. The molecule has 2 atom stereocenters. The Hall–Kier alpha value is -0.850. The highest BCUT2D eigenvalue weighted by Crippen LogP contribution is 2.26. The minimum atomic E-state index is -0.553. The predicted octanol–water partition coefficient (Wildman–Crippen LogP) is 3.22. The van der Waals surface area contributed by atoms with Crippen molar-refractivity contribution in [3.8, 4) is 0 Å². The molecule has 4 nitrogen and oxygen atoms in total. The van der Waals surface area contributed by atoms with Gasteiger partial charge in [-0.3, -0.25) is 0 Å². The third-order valence-electron chi connectivity index (χ3n) is 2.82. The van der Waals surface area contributed by atoms with Gasteiger partial charge in [-0.05, 0) is 31.2 Å². The highest BCUT2D eigenvalue weighted by molar-refractivity contribution is 7.16. The first kappa shape index (κ1) is 15.5. The fourth-order valence-electron chi connectivity index (χ4n) is 1.72. The minimum absolute atomic E-state index is 0.159. The molecule has 0 aliphatic rings. The molecule has 0 bridgehead atoms. The van der Waals surface area contributed by atoms with Crippen molar-refractivity contribution in [3.63, 3.8) is 0 Å². The predicted molar refractivity (Wildman–Crippen MR) is 80.1 cm³/mol. The van der Waals surface area contributed by atoms with Gasteiger partial charge in [0.05, 0.1) is 23.3 Å². The van der Waals surface area contributed by atoms with Crippen molar-refractivity contribution in [1.29, 1.82) is 0 Å². The second-order valence-corrected chi connectivity index (χ2v) is 6.27. The molecule has 0 fully saturated rings. The number of aliphatic hydroxyl groups excluding tert-OH is 1. The normalized spacial score (nSPS) is 14.3. The van der Waals surface area contributed by atoms with E-state index >= 15 is 0 Å². The summed E-state index contributed by atoms with van der Waals surface area (Å²) in [6.45, 7) is 3.15. The molecule has 0 saturated heterocycles. The number of ether oxygens (including phenoxy) is 1. The van der Waals surface area contributed by atoms with E-state index in [-0.39, 0.29) is 12.6 Å². The first-order valence-electron chi connectivity index (χ1n) is 6.42. The van der Waals surface area contributed by atoms with Crippen molar-refractivity contribution >= 4 is 22.9 Å². The zero-order chi connectivity index (χ0) is 14.4. The summed E-state index contributed by atoms with van der Waals surface area (Å²) >= 11 is 7.44. The van der Waals surface area contributed by atoms with Gasteiger partial charge >= 0.3 is 0 Å². The van der Waals surface area contributed by atoms with Gasteiger partial charge in [-0.15, -0.1) is 11.3 Å². The SMILES string of the molecule is CC(NCC(O)COCc1ccco1)c1ccc(Cl)s1. The first-order chi connectivity index (χ1) is 9.65. The Morgan fingerprint density at radius 3 is 2.95 bits per heavy atom. The Kier molecular flexibility index (Phi) is 6.06. The van der Waals surface area contributed by atoms with E-state index in [1.165, 1.54) is 0 Å². The van der Waals surface area contributed by atoms with Crippen LogP contribution in [-0.4, -0.2) is 24.4 Å². The van der Waals surface area contributed by atoms with Crippen LogP contribution in [0.3, 0.4) is 0 Å². The molecule has 0 aliphatic heterocycles. The number of rotatable bonds is 8. The van der Waals surface area contributed by atoms with Crippen molar-refractivity contribution in [3.05, 3.63) is 45.5 Å². The molecular weight excluding hydrogens is 298 g/mol. The molecule has 2 heterocycles. The summed E-state index contributed by atoms with van der Waals surface area (Å²) in [5, 5.41) is 13.1. The van der Waals surface area contributed by atoms with E-state index in [9.17, 15) is 5.11 Å². The maximum Gasteiger partial charge on any atom is 0.129 e. The molecular formula is C14H18ClNO3S. The van der Waals surface area contributed by atoms with Gasteiger partial charge in [0.2, 0.25) is 0 Å². The van der Waals surface area contributed by atoms with E-state index in [0.29, 0.717) is 13.2 Å². The summed E-state index contributed by atoms with van der Waals surface area (Å²) in [5.74, 6) is 0.756. The summed E-state index contributed by atoms with van der Waals surface area (Å²) in [7, 11) is 0. The number of aliphatic hydroxyl groups is 1. The van der Waals surface area contributed by atoms with Crippen LogP contribution in [0.25, 0.3) is 0 Å². The lowest BCUT2D eigenvalue weighted by Gasteiger charge is -2.16. The van der Waals surface area contributed by atoms with E-state index in [0.717, 1.165) is 15.0 Å². The van der Waals surface area contributed by atoms with Crippen molar-refractivity contribution in [2.45, 2.75) is 25.7 Å². The lowest BCUT2D eigenvalue weighted by molar-refractivity contribution is 0.0217. The Labute approximate surface area is 127 Å². The van der Waals surface area contributed by atoms with E-state index in [2.05, 4.69) is 5.32 Å². The molecule has 20 heavy (non-hydrogen) atoms. The van der Waals surface area contributed by atoms with Crippen LogP contribution in [0.1, 0.15) is 23.6 Å². The van der Waals surface area contributed by atoms with Gasteiger partial charge in [0.25, 0.3) is 0 Å². The number of furan rings is 1. The van der Waals surface area contributed by atoms with Crippen LogP contribution in [0.15, 0.2) is 34.9 Å². The molecule has 0 amide bonds. The van der Waals surface area contributed by atoms with E-state index in [4.69, 9.17) is 20.8 Å². The van der Waals surface area contributed by atoms with Crippen LogP contribution in [0.5, 0.6) is 0 Å². The molecule has 2 aromatic rings. The van der Waals surface area contributed by atoms with Crippen molar-refractivity contribution < 1.29 is 14.3 Å². The van der Waals surface area contributed by atoms with Gasteiger partial charge in [-0.2, -0.15) is 0 Å². The standard InChI is InChI=1S/C14H18ClNO3S/c1-10(13-4-5-14(15)20-13)16-7-11(17)8-18-9-12-3-2-6-19-12/h2-6,10-11,16-17H,7-9H2,1H3. The van der Waals surface area contributed by atoms with Crippen LogP contribution < -0.4 is 5.32 Å². The smallest absolute Gasteiger partial charge is 0.129 e. The number of hydrogen-bond acceptors (Lipinski definition) is 5. The van der Waals surface area contributed by atoms with Gasteiger partial charge in [0.1, 0.15) is 12.4 Å². The average Bonchev–Trinajstić information content (AvgIpc) is 3.07. The number of nitrogens with one attached hydrogen (secondary N) is 1. The summed E-state index contributed by atoms with van der Waals surface area (Å²) in [6.07, 6.45) is 1.05. The second-order valence-electron chi connectivity index (χ2n) is 4.52. The molecule has 2 rings (SSSR count). The van der Waals surface area contributed by atoms with E-state index in [1.54, 1.807) is 17.6 Å². The number of halogens is 1. The zero-order valence-corrected chi connectivity index (χ0v) is 12.8. The lowest BCUT2D eigenvalue weighted by atomic mass is 10.2. The molecule has 2 aromatic heterocycles. The lowest BCUT2D eigenvalue weighted by Crippen LogP contribution is -2.31. The van der Waals surface area contributed by atoms with Crippen LogP contribution >= 0.6 is 22.9 Å². The second kappa shape index (κ2) is 7.81. The summed E-state index contributed by atoms with van der Waals surface area (Å²) < 4.78 is 11.3. The van der Waals surface area contributed by atoms with E-state index < -0.39 is 6.10 Å². The maximum atomic E-state index is 9.84. The monoisotopic (exact) mass is 315 g/mol. The van der Waals surface area contributed by atoms with Gasteiger partial charge < -0.3 is 19.6 Å². The first-order valence-corrected chi connectivity index (χ1v) is 7.61. The van der Waals surface area contributed by atoms with Gasteiger partial charge in [-0.25, -0.2) is 0 Å². The molecule has 0 saturated carbocycles. The third-order valence-corrected chi connectivity index (χ3v) is 4.23. The van der Waals surface area contributed by atoms with Gasteiger partial charge in [0, 0.05) is 17.5 Å². The Morgan fingerprint density at radius 2 is 2.30 bits per heavy atom. The minimum Gasteiger partial charge on any atom is -0.467 e. The molecule has 6 heteroatoms. The molecule has 2 N–H and O–H groups in total. The molecule has 2 unspecified atom stereocenters. The van der Waals surface area contributed by atoms with Crippen LogP contribution in [0.2, 0.25) is 4.34 Å². The highest BCUT2D eigenvalue weighted by Gasteiger charge is 2.11. The molecule has 0 radical (unpaired) electrons. The van der Waals surface area contributed by atoms with Crippen LogP contribution in [0, 0.1) is 0 Å². The van der Waals surface area contributed by atoms with Crippen molar-refractivity contribution in [2.75, 3.05) is 13.2 Å². The van der Waals surface area contributed by atoms with E-state index in [1.807, 2.05) is 31.2 Å². The topological polar surface area (TPSA) is 54.6 Å². The molecule has 0 spiro atoms. The Balaban J connectivity index is 1.63. The Bertz CT molecular complexity index is 500. The fourth-order valence-corrected chi connectivity index (χ4v) is 2.81. The summed E-state index contributed by atoms with van der Waals surface area (Å²) in [5.41, 5.74) is 0. The molecule has 0 aromatic carbocycles. The quantitative estimate of drug-likeness (QED) is 0.785. The zero-order valence-electron chi connectivity index (χ0n) is 11.2. The fraction of sp³-hybridized carbons (Fsp3) is 0.429. The third kappa shape index (κ3) is 4.92. The molecule has 110 valence electrons.